The highest BCUT2D eigenvalue weighted by Crippen LogP contribution is 2.08. The van der Waals surface area contributed by atoms with Crippen molar-refractivity contribution >= 4 is 11.7 Å². The van der Waals surface area contributed by atoms with E-state index in [2.05, 4.69) is 19.1 Å². The Balaban J connectivity index is 0.000000535. The molecule has 1 aromatic rings. The molecular formula is C20H31NO4. The van der Waals surface area contributed by atoms with Crippen LogP contribution in [0.1, 0.15) is 71.1 Å². The van der Waals surface area contributed by atoms with Crippen LogP contribution >= 0.6 is 0 Å². The first-order chi connectivity index (χ1) is 12.1. The summed E-state index contributed by atoms with van der Waals surface area (Å²) in [6.07, 6.45) is 15.4. The fourth-order valence-corrected chi connectivity index (χ4v) is 2.18. The molecule has 0 aliphatic rings. The van der Waals surface area contributed by atoms with Gasteiger partial charge in [0.15, 0.2) is 0 Å². The Labute approximate surface area is 150 Å². The van der Waals surface area contributed by atoms with Gasteiger partial charge in [-0.15, -0.1) is 0 Å². The van der Waals surface area contributed by atoms with Crippen LogP contribution in [0.2, 0.25) is 0 Å². The van der Waals surface area contributed by atoms with E-state index in [0.717, 1.165) is 12.8 Å². The van der Waals surface area contributed by atoms with Crippen LogP contribution in [0.25, 0.3) is 0 Å². The zero-order chi connectivity index (χ0) is 18.8. The Morgan fingerprint density at radius 3 is 2.08 bits per heavy atom. The summed E-state index contributed by atoms with van der Waals surface area (Å²) in [5, 5.41) is 18.5. The Morgan fingerprint density at radius 1 is 1.00 bits per heavy atom. The highest BCUT2D eigenvalue weighted by atomic mass is 16.6. The summed E-state index contributed by atoms with van der Waals surface area (Å²) in [7, 11) is 0. The quantitative estimate of drug-likeness (QED) is 0.212. The van der Waals surface area contributed by atoms with Gasteiger partial charge in [0.1, 0.15) is 0 Å². The third kappa shape index (κ3) is 16.5. The molecular weight excluding hydrogens is 318 g/mol. The Bertz CT molecular complexity index is 486. The van der Waals surface area contributed by atoms with Crippen LogP contribution in [0.3, 0.4) is 0 Å². The van der Waals surface area contributed by atoms with Gasteiger partial charge in [-0.2, -0.15) is 0 Å². The summed E-state index contributed by atoms with van der Waals surface area (Å²) in [5.74, 6) is -0.668. The van der Waals surface area contributed by atoms with Crippen molar-refractivity contribution in [3.63, 3.8) is 0 Å². The number of carbonyl (C=O) groups is 1. The van der Waals surface area contributed by atoms with Gasteiger partial charge < -0.3 is 5.11 Å². The summed E-state index contributed by atoms with van der Waals surface area (Å²) in [4.78, 5) is 19.8. The number of hydrogen-bond acceptors (Lipinski definition) is 3. The number of nitro groups is 1. The molecule has 5 heteroatoms. The van der Waals surface area contributed by atoms with Crippen molar-refractivity contribution in [1.82, 2.24) is 0 Å². The SMILES string of the molecule is CCCC/C=C\CCCCCCCC(=O)O.O=[N+]([O-])c1ccccc1. The topological polar surface area (TPSA) is 80.4 Å². The molecule has 0 saturated heterocycles. The number of hydrogen-bond donors (Lipinski definition) is 1. The van der Waals surface area contributed by atoms with E-state index in [-0.39, 0.29) is 5.69 Å². The number of non-ortho nitro benzene ring substituents is 1. The van der Waals surface area contributed by atoms with E-state index in [1.54, 1.807) is 18.2 Å². The van der Waals surface area contributed by atoms with Crippen molar-refractivity contribution in [2.45, 2.75) is 71.1 Å². The van der Waals surface area contributed by atoms with Gasteiger partial charge >= 0.3 is 5.97 Å². The number of rotatable bonds is 12. The summed E-state index contributed by atoms with van der Waals surface area (Å²) < 4.78 is 0. The van der Waals surface area contributed by atoms with Crippen molar-refractivity contribution in [3.05, 3.63) is 52.6 Å². The van der Waals surface area contributed by atoms with E-state index in [9.17, 15) is 14.9 Å². The van der Waals surface area contributed by atoms with E-state index in [0.29, 0.717) is 6.42 Å². The molecule has 0 spiro atoms. The maximum atomic E-state index is 10.3. The lowest BCUT2D eigenvalue weighted by molar-refractivity contribution is -0.384. The second-order valence-corrected chi connectivity index (χ2v) is 5.91. The number of allylic oxidation sites excluding steroid dienone is 2. The van der Waals surface area contributed by atoms with Crippen LogP contribution in [0.4, 0.5) is 5.69 Å². The second kappa shape index (κ2) is 16.7. The Kier molecular flexibility index (Phi) is 15.2. The van der Waals surface area contributed by atoms with E-state index in [1.165, 1.54) is 57.1 Å². The van der Waals surface area contributed by atoms with Crippen LogP contribution in [-0.4, -0.2) is 16.0 Å². The number of nitrogens with zero attached hydrogens (tertiary/aromatic N) is 1. The molecule has 25 heavy (non-hydrogen) atoms. The minimum Gasteiger partial charge on any atom is -0.481 e. The average Bonchev–Trinajstić information content (AvgIpc) is 2.61. The summed E-state index contributed by atoms with van der Waals surface area (Å²) in [5.41, 5.74) is 0.137. The third-order valence-electron chi connectivity index (χ3n) is 3.62. The van der Waals surface area contributed by atoms with Crippen molar-refractivity contribution in [1.29, 1.82) is 0 Å². The van der Waals surface area contributed by atoms with Gasteiger partial charge in [-0.25, -0.2) is 0 Å². The van der Waals surface area contributed by atoms with Crippen LogP contribution in [0, 0.1) is 10.1 Å². The zero-order valence-corrected chi connectivity index (χ0v) is 15.2. The van der Waals surface area contributed by atoms with Gasteiger partial charge in [-0.3, -0.25) is 14.9 Å². The fraction of sp³-hybridized carbons (Fsp3) is 0.550. The molecule has 1 aromatic carbocycles. The predicted octanol–water partition coefficient (Wildman–Crippen LogP) is 6.14. The van der Waals surface area contributed by atoms with Crippen molar-refractivity contribution in [2.24, 2.45) is 0 Å². The van der Waals surface area contributed by atoms with E-state index in [4.69, 9.17) is 5.11 Å². The highest BCUT2D eigenvalue weighted by molar-refractivity contribution is 5.66. The molecule has 0 saturated carbocycles. The summed E-state index contributed by atoms with van der Waals surface area (Å²) in [6, 6.07) is 7.93. The third-order valence-corrected chi connectivity index (χ3v) is 3.62. The number of carboxylic acids is 1. The molecule has 1 N–H and O–H groups in total. The van der Waals surface area contributed by atoms with E-state index < -0.39 is 10.9 Å². The van der Waals surface area contributed by atoms with E-state index >= 15 is 0 Å². The molecule has 0 aromatic heterocycles. The lowest BCUT2D eigenvalue weighted by Gasteiger charge is -1.98. The molecule has 0 aliphatic heterocycles. The molecule has 1 rings (SSSR count). The zero-order valence-electron chi connectivity index (χ0n) is 15.2. The van der Waals surface area contributed by atoms with Crippen molar-refractivity contribution in [2.75, 3.05) is 0 Å². The molecule has 0 radical (unpaired) electrons. The van der Waals surface area contributed by atoms with Gasteiger partial charge in [0.2, 0.25) is 0 Å². The highest BCUT2D eigenvalue weighted by Gasteiger charge is 1.98. The van der Waals surface area contributed by atoms with Gasteiger partial charge in [0.25, 0.3) is 5.69 Å². The molecule has 140 valence electrons. The Morgan fingerprint density at radius 2 is 1.56 bits per heavy atom. The molecule has 5 nitrogen and oxygen atoms in total. The van der Waals surface area contributed by atoms with Crippen LogP contribution < -0.4 is 0 Å². The van der Waals surface area contributed by atoms with Gasteiger partial charge in [0.05, 0.1) is 4.92 Å². The lowest BCUT2D eigenvalue weighted by Crippen LogP contribution is -1.93. The molecule has 0 atom stereocenters. The molecule has 0 bridgehead atoms. The maximum Gasteiger partial charge on any atom is 0.303 e. The molecule has 0 fully saturated rings. The standard InChI is InChI=1S/C14H26O2.C6H5NO2/c1-2-3-4-5-6-7-8-9-10-11-12-13-14(15)16;8-7(9)6-4-2-1-3-5-6/h5-6H,2-4,7-13H2,1H3,(H,15,16);1-5H/b6-5-;. The summed E-state index contributed by atoms with van der Waals surface area (Å²) in [6.45, 7) is 2.21. The molecule has 0 unspecified atom stereocenters. The first kappa shape index (κ1) is 22.8. The fourth-order valence-electron chi connectivity index (χ4n) is 2.18. The van der Waals surface area contributed by atoms with Crippen LogP contribution in [0.5, 0.6) is 0 Å². The monoisotopic (exact) mass is 349 g/mol. The number of unbranched alkanes of at least 4 members (excludes halogenated alkanes) is 7. The predicted molar refractivity (Wildman–Crippen MR) is 102 cm³/mol. The average molecular weight is 349 g/mol. The smallest absolute Gasteiger partial charge is 0.303 e. The van der Waals surface area contributed by atoms with E-state index in [1.807, 2.05) is 0 Å². The number of aliphatic carboxylic acids is 1. The van der Waals surface area contributed by atoms with Crippen molar-refractivity contribution in [3.8, 4) is 0 Å². The largest absolute Gasteiger partial charge is 0.481 e. The first-order valence-corrected chi connectivity index (χ1v) is 9.14. The van der Waals surface area contributed by atoms with Crippen molar-refractivity contribution < 1.29 is 14.8 Å². The van der Waals surface area contributed by atoms with Gasteiger partial charge in [-0.05, 0) is 25.7 Å². The second-order valence-electron chi connectivity index (χ2n) is 5.91. The minimum atomic E-state index is -0.668. The molecule has 0 aliphatic carbocycles. The van der Waals surface area contributed by atoms with Crippen LogP contribution in [0.15, 0.2) is 42.5 Å². The lowest BCUT2D eigenvalue weighted by atomic mass is 10.1. The maximum absolute atomic E-state index is 10.3. The van der Waals surface area contributed by atoms with Crippen LogP contribution in [-0.2, 0) is 4.79 Å². The number of benzene rings is 1. The number of nitro benzene ring substituents is 1. The molecule has 0 heterocycles. The Hall–Kier alpha value is -2.17. The summed E-state index contributed by atoms with van der Waals surface area (Å²) >= 11 is 0. The minimum absolute atomic E-state index is 0.137. The normalized spacial score (nSPS) is 10.3. The first-order valence-electron chi connectivity index (χ1n) is 9.14. The number of carboxylic acid groups (broad SMARTS) is 1. The van der Waals surface area contributed by atoms with Gasteiger partial charge in [0, 0.05) is 18.6 Å². The number of para-hydroxylation sites is 1. The van der Waals surface area contributed by atoms with Gasteiger partial charge in [-0.1, -0.05) is 69.4 Å². The molecule has 0 amide bonds.